The Kier molecular flexibility index (Phi) is 3.67. The van der Waals surface area contributed by atoms with Gasteiger partial charge in [0.1, 0.15) is 5.82 Å². The van der Waals surface area contributed by atoms with Crippen molar-refractivity contribution < 1.29 is 4.39 Å². The first-order valence-electron chi connectivity index (χ1n) is 6.38. The quantitative estimate of drug-likeness (QED) is 0.855. The second-order valence-corrected chi connectivity index (χ2v) is 5.16. The molecule has 0 spiro atoms. The molecule has 1 aliphatic heterocycles. The second-order valence-electron chi connectivity index (χ2n) is 5.16. The summed E-state index contributed by atoms with van der Waals surface area (Å²) in [4.78, 5) is 2.15. The van der Waals surface area contributed by atoms with Crippen molar-refractivity contribution in [2.75, 3.05) is 18.0 Å². The van der Waals surface area contributed by atoms with Gasteiger partial charge in [0.2, 0.25) is 0 Å². The van der Waals surface area contributed by atoms with E-state index in [2.05, 4.69) is 11.8 Å². The van der Waals surface area contributed by atoms with Gasteiger partial charge in [-0.1, -0.05) is 19.1 Å². The number of rotatable bonds is 2. The van der Waals surface area contributed by atoms with Gasteiger partial charge in [0.25, 0.3) is 0 Å². The highest BCUT2D eigenvalue weighted by atomic mass is 19.1. The van der Waals surface area contributed by atoms with Gasteiger partial charge in [0.15, 0.2) is 0 Å². The van der Waals surface area contributed by atoms with Gasteiger partial charge < -0.3 is 10.6 Å². The molecule has 3 heteroatoms. The van der Waals surface area contributed by atoms with E-state index in [9.17, 15) is 4.39 Å². The Balaban J connectivity index is 2.35. The molecule has 0 bridgehead atoms. The minimum Gasteiger partial charge on any atom is -0.369 e. The molecule has 1 unspecified atom stereocenters. The summed E-state index contributed by atoms with van der Waals surface area (Å²) in [6, 6.07) is 5.08. The molecule has 0 saturated carbocycles. The van der Waals surface area contributed by atoms with E-state index in [1.807, 2.05) is 13.0 Å². The van der Waals surface area contributed by atoms with Crippen LogP contribution in [0.5, 0.6) is 0 Å². The molecular formula is C14H21FN2. The Morgan fingerprint density at radius 1 is 1.47 bits per heavy atom. The minimum absolute atomic E-state index is 0.127. The molecule has 1 aromatic carbocycles. The maximum absolute atomic E-state index is 14.0. The molecule has 94 valence electrons. The van der Waals surface area contributed by atoms with Gasteiger partial charge in [-0.05, 0) is 37.3 Å². The van der Waals surface area contributed by atoms with E-state index in [4.69, 9.17) is 5.73 Å². The topological polar surface area (TPSA) is 29.3 Å². The molecule has 1 heterocycles. The Morgan fingerprint density at radius 2 is 2.24 bits per heavy atom. The Labute approximate surface area is 103 Å². The van der Waals surface area contributed by atoms with E-state index in [1.54, 1.807) is 6.07 Å². The highest BCUT2D eigenvalue weighted by molar-refractivity contribution is 5.56. The lowest BCUT2D eigenvalue weighted by Gasteiger charge is -2.34. The number of hydrogen-bond acceptors (Lipinski definition) is 2. The fourth-order valence-corrected chi connectivity index (χ4v) is 2.63. The van der Waals surface area contributed by atoms with Crippen molar-refractivity contribution in [3.05, 3.63) is 29.6 Å². The van der Waals surface area contributed by atoms with Crippen LogP contribution in [0.25, 0.3) is 0 Å². The van der Waals surface area contributed by atoms with Crippen LogP contribution in [-0.4, -0.2) is 13.1 Å². The first-order valence-corrected chi connectivity index (χ1v) is 6.38. The summed E-state index contributed by atoms with van der Waals surface area (Å²) in [6.45, 7) is 6.00. The summed E-state index contributed by atoms with van der Waals surface area (Å²) in [7, 11) is 0. The van der Waals surface area contributed by atoms with Crippen molar-refractivity contribution in [2.45, 2.75) is 32.7 Å². The normalized spacial score (nSPS) is 22.6. The maximum atomic E-state index is 14.0. The predicted molar refractivity (Wildman–Crippen MR) is 69.6 cm³/mol. The lowest BCUT2D eigenvalue weighted by Crippen LogP contribution is -2.36. The van der Waals surface area contributed by atoms with E-state index in [-0.39, 0.29) is 11.9 Å². The third-order valence-electron chi connectivity index (χ3n) is 3.48. The first-order chi connectivity index (χ1) is 8.09. The third-order valence-corrected chi connectivity index (χ3v) is 3.48. The molecule has 1 aliphatic rings. The second kappa shape index (κ2) is 5.05. The highest BCUT2D eigenvalue weighted by Crippen LogP contribution is 2.31. The maximum Gasteiger partial charge on any atom is 0.146 e. The summed E-state index contributed by atoms with van der Waals surface area (Å²) in [5, 5.41) is 0. The SMILES string of the molecule is CC1CCCN(c2c(F)cccc2[C@@H](C)N)C1. The van der Waals surface area contributed by atoms with Crippen molar-refractivity contribution in [2.24, 2.45) is 11.7 Å². The average Bonchev–Trinajstić information content (AvgIpc) is 2.28. The number of piperidine rings is 1. The minimum atomic E-state index is -0.145. The molecular weight excluding hydrogens is 215 g/mol. The Hall–Kier alpha value is -1.09. The molecule has 0 aliphatic carbocycles. The summed E-state index contributed by atoms with van der Waals surface area (Å²) >= 11 is 0. The highest BCUT2D eigenvalue weighted by Gasteiger charge is 2.22. The lowest BCUT2D eigenvalue weighted by atomic mass is 9.97. The number of nitrogens with zero attached hydrogens (tertiary/aromatic N) is 1. The fourth-order valence-electron chi connectivity index (χ4n) is 2.63. The number of halogens is 1. The van der Waals surface area contributed by atoms with Gasteiger partial charge in [0.05, 0.1) is 5.69 Å². The van der Waals surface area contributed by atoms with E-state index >= 15 is 0 Å². The fraction of sp³-hybridized carbons (Fsp3) is 0.571. The molecule has 1 aromatic rings. The van der Waals surface area contributed by atoms with Crippen molar-refractivity contribution in [3.63, 3.8) is 0 Å². The number of hydrogen-bond donors (Lipinski definition) is 1. The van der Waals surface area contributed by atoms with E-state index in [1.165, 1.54) is 12.5 Å². The van der Waals surface area contributed by atoms with Crippen LogP contribution in [0.2, 0.25) is 0 Å². The van der Waals surface area contributed by atoms with E-state index < -0.39 is 0 Å². The molecule has 1 saturated heterocycles. The molecule has 2 atom stereocenters. The molecule has 0 amide bonds. The zero-order chi connectivity index (χ0) is 12.4. The van der Waals surface area contributed by atoms with Crippen LogP contribution in [0, 0.1) is 11.7 Å². The van der Waals surface area contributed by atoms with Gasteiger partial charge in [-0.25, -0.2) is 4.39 Å². The molecule has 2 N–H and O–H groups in total. The van der Waals surface area contributed by atoms with Gasteiger partial charge >= 0.3 is 0 Å². The Bertz CT molecular complexity index is 390. The van der Waals surface area contributed by atoms with Crippen LogP contribution < -0.4 is 10.6 Å². The van der Waals surface area contributed by atoms with Crippen molar-refractivity contribution in [3.8, 4) is 0 Å². The summed E-state index contributed by atoms with van der Waals surface area (Å²) in [5.41, 5.74) is 7.56. The molecule has 2 nitrogen and oxygen atoms in total. The van der Waals surface area contributed by atoms with Crippen LogP contribution in [0.1, 0.15) is 38.3 Å². The monoisotopic (exact) mass is 236 g/mol. The van der Waals surface area contributed by atoms with Crippen molar-refractivity contribution >= 4 is 5.69 Å². The van der Waals surface area contributed by atoms with Crippen molar-refractivity contribution in [1.82, 2.24) is 0 Å². The molecule has 1 fully saturated rings. The standard InChI is InChI=1S/C14H21FN2/c1-10-5-4-8-17(9-10)14-12(11(2)16)6-3-7-13(14)15/h3,6-7,10-11H,4-5,8-9,16H2,1-2H3/t10?,11-/m1/s1. The molecule has 17 heavy (non-hydrogen) atoms. The zero-order valence-electron chi connectivity index (χ0n) is 10.6. The summed E-state index contributed by atoms with van der Waals surface area (Å²) in [6.07, 6.45) is 2.37. The molecule has 2 rings (SSSR count). The number of benzene rings is 1. The van der Waals surface area contributed by atoms with E-state index in [0.29, 0.717) is 11.6 Å². The van der Waals surface area contributed by atoms with Gasteiger partial charge in [0, 0.05) is 19.1 Å². The van der Waals surface area contributed by atoms with Gasteiger partial charge in [-0.3, -0.25) is 0 Å². The van der Waals surface area contributed by atoms with Gasteiger partial charge in [-0.2, -0.15) is 0 Å². The van der Waals surface area contributed by atoms with E-state index in [0.717, 1.165) is 25.1 Å². The van der Waals surface area contributed by atoms with Crippen LogP contribution in [0.4, 0.5) is 10.1 Å². The van der Waals surface area contributed by atoms with Gasteiger partial charge in [-0.15, -0.1) is 0 Å². The van der Waals surface area contributed by atoms with Crippen LogP contribution in [0.15, 0.2) is 18.2 Å². The van der Waals surface area contributed by atoms with Crippen molar-refractivity contribution in [1.29, 1.82) is 0 Å². The summed E-state index contributed by atoms with van der Waals surface area (Å²) in [5.74, 6) is 0.484. The number of anilines is 1. The smallest absolute Gasteiger partial charge is 0.146 e. The Morgan fingerprint density at radius 3 is 2.88 bits per heavy atom. The molecule has 0 radical (unpaired) electrons. The van der Waals surface area contributed by atoms with Crippen LogP contribution in [0.3, 0.4) is 0 Å². The van der Waals surface area contributed by atoms with Crippen LogP contribution >= 0.6 is 0 Å². The third kappa shape index (κ3) is 2.60. The van der Waals surface area contributed by atoms with Crippen LogP contribution in [-0.2, 0) is 0 Å². The zero-order valence-corrected chi connectivity index (χ0v) is 10.6. The number of nitrogens with two attached hydrogens (primary N) is 1. The largest absolute Gasteiger partial charge is 0.369 e. The predicted octanol–water partition coefficient (Wildman–Crippen LogP) is 3.08. The number of para-hydroxylation sites is 1. The molecule has 0 aromatic heterocycles. The first kappa shape index (κ1) is 12.4. The summed E-state index contributed by atoms with van der Waals surface area (Å²) < 4.78 is 14.0. The lowest BCUT2D eigenvalue weighted by molar-refractivity contribution is 0.440. The average molecular weight is 236 g/mol.